The summed E-state index contributed by atoms with van der Waals surface area (Å²) >= 11 is 0. The number of carbonyl (C=O) groups excluding carboxylic acids is 1. The molecule has 0 saturated heterocycles. The van der Waals surface area contributed by atoms with Gasteiger partial charge in [-0.3, -0.25) is 0 Å². The number of hydrogen-bond donors (Lipinski definition) is 0. The molecule has 0 aliphatic carbocycles. The molecule has 0 atom stereocenters. The molecule has 68 valence electrons. The Hall–Kier alpha value is -1.40. The van der Waals surface area contributed by atoms with Crippen LogP contribution in [0.4, 0.5) is 5.69 Å². The van der Waals surface area contributed by atoms with E-state index in [0.29, 0.717) is 5.69 Å². The lowest BCUT2D eigenvalue weighted by molar-refractivity contribution is 0.565. The number of hydrogen-bond acceptors (Lipinski definition) is 2. The summed E-state index contributed by atoms with van der Waals surface area (Å²) in [5, 5.41) is 0. The Morgan fingerprint density at radius 1 is 1.46 bits per heavy atom. The Morgan fingerprint density at radius 3 is 3.00 bits per heavy atom. The first-order valence-corrected chi connectivity index (χ1v) is 4.53. The zero-order chi connectivity index (χ0) is 9.52. The quantitative estimate of drug-likeness (QED) is 0.511. The van der Waals surface area contributed by atoms with E-state index in [4.69, 9.17) is 0 Å². The third kappa shape index (κ3) is 3.22. The maximum absolute atomic E-state index is 10.0. The second kappa shape index (κ2) is 5.28. The fourth-order valence-corrected chi connectivity index (χ4v) is 1.22. The van der Waals surface area contributed by atoms with Crippen molar-refractivity contribution in [3.63, 3.8) is 0 Å². The van der Waals surface area contributed by atoms with E-state index in [1.807, 2.05) is 12.1 Å². The van der Waals surface area contributed by atoms with Gasteiger partial charge in [-0.15, -0.1) is 0 Å². The van der Waals surface area contributed by atoms with Crippen LogP contribution in [0.1, 0.15) is 25.3 Å². The highest BCUT2D eigenvalue weighted by Gasteiger charge is 1.93. The number of rotatable bonds is 4. The second-order valence-electron chi connectivity index (χ2n) is 2.98. The number of nitrogens with zero attached hydrogens (tertiary/aromatic N) is 1. The summed E-state index contributed by atoms with van der Waals surface area (Å²) < 4.78 is 0. The zero-order valence-electron chi connectivity index (χ0n) is 7.79. The Morgan fingerprint density at radius 2 is 2.31 bits per heavy atom. The van der Waals surface area contributed by atoms with E-state index in [0.717, 1.165) is 6.42 Å². The zero-order valence-corrected chi connectivity index (χ0v) is 7.79. The van der Waals surface area contributed by atoms with Gasteiger partial charge in [-0.2, -0.15) is 4.99 Å². The smallest absolute Gasteiger partial charge is 0.211 e. The van der Waals surface area contributed by atoms with Crippen LogP contribution in [0, 0.1) is 0 Å². The van der Waals surface area contributed by atoms with E-state index in [1.54, 1.807) is 12.1 Å². The molecular formula is C11H13NO. The van der Waals surface area contributed by atoms with Gasteiger partial charge in [-0.25, -0.2) is 4.79 Å². The summed E-state index contributed by atoms with van der Waals surface area (Å²) in [7, 11) is 0. The van der Waals surface area contributed by atoms with E-state index < -0.39 is 0 Å². The third-order valence-electron chi connectivity index (χ3n) is 1.90. The van der Waals surface area contributed by atoms with Gasteiger partial charge in [0.15, 0.2) is 0 Å². The topological polar surface area (TPSA) is 29.4 Å². The van der Waals surface area contributed by atoms with Gasteiger partial charge in [0.25, 0.3) is 0 Å². The van der Waals surface area contributed by atoms with Crippen LogP contribution in [-0.2, 0) is 11.2 Å². The van der Waals surface area contributed by atoms with Crippen molar-refractivity contribution in [3.8, 4) is 0 Å². The van der Waals surface area contributed by atoms with Gasteiger partial charge in [-0.05, 0) is 30.5 Å². The maximum atomic E-state index is 10.0. The molecule has 1 aromatic rings. The molecule has 0 aliphatic heterocycles. The van der Waals surface area contributed by atoms with Gasteiger partial charge in [-0.1, -0.05) is 25.5 Å². The van der Waals surface area contributed by atoms with Crippen molar-refractivity contribution < 1.29 is 4.79 Å². The third-order valence-corrected chi connectivity index (χ3v) is 1.90. The van der Waals surface area contributed by atoms with Crippen LogP contribution >= 0.6 is 0 Å². The van der Waals surface area contributed by atoms with Crippen molar-refractivity contribution in [2.75, 3.05) is 0 Å². The molecule has 0 unspecified atom stereocenters. The Kier molecular flexibility index (Phi) is 3.94. The van der Waals surface area contributed by atoms with Crippen LogP contribution in [0.5, 0.6) is 0 Å². The minimum Gasteiger partial charge on any atom is -0.211 e. The lowest BCUT2D eigenvalue weighted by Crippen LogP contribution is -1.82. The molecule has 0 saturated carbocycles. The largest absolute Gasteiger partial charge is 0.240 e. The molecule has 0 N–H and O–H groups in total. The SMILES string of the molecule is CCCCc1cccc(N=C=O)c1. The summed E-state index contributed by atoms with van der Waals surface area (Å²) in [6.45, 7) is 2.16. The summed E-state index contributed by atoms with van der Waals surface area (Å²) in [5.41, 5.74) is 1.93. The molecule has 1 rings (SSSR count). The van der Waals surface area contributed by atoms with E-state index in [9.17, 15) is 4.79 Å². The first-order valence-electron chi connectivity index (χ1n) is 4.53. The van der Waals surface area contributed by atoms with Crippen LogP contribution in [0.2, 0.25) is 0 Å². The highest BCUT2D eigenvalue weighted by molar-refractivity contribution is 5.49. The standard InChI is InChI=1S/C11H13NO/c1-2-3-5-10-6-4-7-11(8-10)12-9-13/h4,6-8H,2-3,5H2,1H3. The molecule has 0 amide bonds. The van der Waals surface area contributed by atoms with Crippen LogP contribution < -0.4 is 0 Å². The number of benzene rings is 1. The van der Waals surface area contributed by atoms with Crippen molar-refractivity contribution in [3.05, 3.63) is 29.8 Å². The van der Waals surface area contributed by atoms with Gasteiger partial charge in [0, 0.05) is 0 Å². The first kappa shape index (κ1) is 9.69. The molecule has 0 bridgehead atoms. The summed E-state index contributed by atoms with van der Waals surface area (Å²) in [5.74, 6) is 0. The minimum atomic E-state index is 0.698. The average molecular weight is 175 g/mol. The van der Waals surface area contributed by atoms with E-state index >= 15 is 0 Å². The number of isocyanates is 1. The normalized spacial score (nSPS) is 9.31. The van der Waals surface area contributed by atoms with Crippen molar-refractivity contribution in [2.24, 2.45) is 4.99 Å². The Balaban J connectivity index is 2.73. The molecule has 2 heteroatoms. The van der Waals surface area contributed by atoms with Crippen LogP contribution in [0.25, 0.3) is 0 Å². The highest BCUT2D eigenvalue weighted by Crippen LogP contribution is 2.14. The predicted octanol–water partition coefficient (Wildman–Crippen LogP) is 3.00. The molecule has 0 aliphatic rings. The predicted molar refractivity (Wildman–Crippen MR) is 52.8 cm³/mol. The lowest BCUT2D eigenvalue weighted by Gasteiger charge is -1.99. The van der Waals surface area contributed by atoms with Gasteiger partial charge in [0.1, 0.15) is 0 Å². The first-order chi connectivity index (χ1) is 6.36. The fraction of sp³-hybridized carbons (Fsp3) is 0.364. The molecular weight excluding hydrogens is 162 g/mol. The highest BCUT2D eigenvalue weighted by atomic mass is 16.1. The number of aryl methyl sites for hydroxylation is 1. The van der Waals surface area contributed by atoms with Crippen molar-refractivity contribution in [1.29, 1.82) is 0 Å². The maximum Gasteiger partial charge on any atom is 0.240 e. The molecule has 0 heterocycles. The van der Waals surface area contributed by atoms with Gasteiger partial charge < -0.3 is 0 Å². The van der Waals surface area contributed by atoms with E-state index in [-0.39, 0.29) is 0 Å². The second-order valence-corrected chi connectivity index (χ2v) is 2.98. The molecule has 2 nitrogen and oxygen atoms in total. The Labute approximate surface area is 78.3 Å². The molecule has 1 aromatic carbocycles. The van der Waals surface area contributed by atoms with Crippen LogP contribution in [-0.4, -0.2) is 6.08 Å². The van der Waals surface area contributed by atoms with E-state index in [2.05, 4.69) is 18.0 Å². The lowest BCUT2D eigenvalue weighted by atomic mass is 10.1. The fourth-order valence-electron chi connectivity index (χ4n) is 1.22. The van der Waals surface area contributed by atoms with Crippen LogP contribution in [0.3, 0.4) is 0 Å². The molecule has 0 spiro atoms. The summed E-state index contributed by atoms with van der Waals surface area (Å²) in [6, 6.07) is 7.71. The minimum absolute atomic E-state index is 0.698. The van der Waals surface area contributed by atoms with E-state index in [1.165, 1.54) is 18.4 Å². The van der Waals surface area contributed by atoms with Crippen LogP contribution in [0.15, 0.2) is 29.3 Å². The van der Waals surface area contributed by atoms with Gasteiger partial charge in [0.2, 0.25) is 6.08 Å². The molecule has 0 fully saturated rings. The van der Waals surface area contributed by atoms with Gasteiger partial charge >= 0.3 is 0 Å². The Bertz CT molecular complexity index is 314. The average Bonchev–Trinajstić information content (AvgIpc) is 2.16. The van der Waals surface area contributed by atoms with Crippen molar-refractivity contribution in [1.82, 2.24) is 0 Å². The van der Waals surface area contributed by atoms with Crippen molar-refractivity contribution >= 4 is 11.8 Å². The number of aliphatic imine (C=N–C) groups is 1. The molecule has 13 heavy (non-hydrogen) atoms. The van der Waals surface area contributed by atoms with Gasteiger partial charge in [0.05, 0.1) is 5.69 Å². The monoisotopic (exact) mass is 175 g/mol. The molecule has 0 aromatic heterocycles. The summed E-state index contributed by atoms with van der Waals surface area (Å²) in [6.07, 6.45) is 4.95. The van der Waals surface area contributed by atoms with Crippen molar-refractivity contribution in [2.45, 2.75) is 26.2 Å². The number of unbranched alkanes of at least 4 members (excludes halogenated alkanes) is 1. The summed E-state index contributed by atoms with van der Waals surface area (Å²) in [4.78, 5) is 13.6. The molecule has 0 radical (unpaired) electrons.